The summed E-state index contributed by atoms with van der Waals surface area (Å²) in [6.45, 7) is 11.0. The first-order valence-electron chi connectivity index (χ1n) is 10.5. The van der Waals surface area contributed by atoms with Crippen molar-refractivity contribution in [2.24, 2.45) is 0 Å². The van der Waals surface area contributed by atoms with Gasteiger partial charge in [-0.3, -0.25) is 4.79 Å². The van der Waals surface area contributed by atoms with E-state index in [4.69, 9.17) is 4.42 Å². The van der Waals surface area contributed by atoms with Crippen LogP contribution in [0.15, 0.2) is 52.7 Å². The first kappa shape index (κ1) is 20.4. The van der Waals surface area contributed by atoms with Crippen molar-refractivity contribution in [1.29, 1.82) is 0 Å². The summed E-state index contributed by atoms with van der Waals surface area (Å²) in [6, 6.07) is 6.38. The van der Waals surface area contributed by atoms with Crippen LogP contribution in [0.2, 0.25) is 0 Å². The standard InChI is InChI=1S/C24H30N4O2/c1-16(20-7-9-22-23(13-20)30-19(4)25-22)12-24(29)28-15-21(8-6-17(28)2)27-11-10-26(5)18(3)14-27/h6-9,12-13,15,17-18H,10-11,14H2,1-5H3/b16-12+/t17?,18-/m0/s1. The number of hydrogen-bond donors (Lipinski definition) is 0. The van der Waals surface area contributed by atoms with Crippen molar-refractivity contribution in [3.05, 3.63) is 59.8 Å². The van der Waals surface area contributed by atoms with Gasteiger partial charge in [-0.05, 0) is 57.2 Å². The number of nitrogens with zero attached hydrogens (tertiary/aromatic N) is 4. The highest BCUT2D eigenvalue weighted by Gasteiger charge is 2.25. The van der Waals surface area contributed by atoms with Crippen LogP contribution in [0.5, 0.6) is 0 Å². The van der Waals surface area contributed by atoms with Gasteiger partial charge >= 0.3 is 0 Å². The van der Waals surface area contributed by atoms with Crippen LogP contribution in [0, 0.1) is 6.92 Å². The Hall–Kier alpha value is -2.86. The number of oxazole rings is 1. The third kappa shape index (κ3) is 4.05. The first-order valence-corrected chi connectivity index (χ1v) is 10.5. The Bertz CT molecular complexity index is 1050. The number of rotatable bonds is 3. The highest BCUT2D eigenvalue weighted by atomic mass is 16.3. The molecule has 0 N–H and O–H groups in total. The number of aromatic nitrogens is 1. The lowest BCUT2D eigenvalue weighted by atomic mass is 10.1. The van der Waals surface area contributed by atoms with E-state index in [1.165, 1.54) is 0 Å². The molecule has 0 bridgehead atoms. The normalized spacial score (nSPS) is 23.2. The van der Waals surface area contributed by atoms with Crippen molar-refractivity contribution < 1.29 is 9.21 Å². The summed E-state index contributed by atoms with van der Waals surface area (Å²) in [5.74, 6) is 0.627. The number of amides is 1. The summed E-state index contributed by atoms with van der Waals surface area (Å²) in [5.41, 5.74) is 4.54. The molecule has 4 rings (SSSR count). The molecule has 3 heterocycles. The topological polar surface area (TPSA) is 52.8 Å². The van der Waals surface area contributed by atoms with Gasteiger partial charge in [0.05, 0.1) is 11.7 Å². The summed E-state index contributed by atoms with van der Waals surface area (Å²) in [5, 5.41) is 0. The van der Waals surface area contributed by atoms with E-state index in [0.29, 0.717) is 11.9 Å². The van der Waals surface area contributed by atoms with Gasteiger partial charge in [0.2, 0.25) is 0 Å². The lowest BCUT2D eigenvalue weighted by molar-refractivity contribution is -0.124. The van der Waals surface area contributed by atoms with Crippen molar-refractivity contribution in [1.82, 2.24) is 19.7 Å². The molecule has 6 nitrogen and oxygen atoms in total. The largest absolute Gasteiger partial charge is 0.441 e. The predicted molar refractivity (Wildman–Crippen MR) is 120 cm³/mol. The predicted octanol–water partition coefficient (Wildman–Crippen LogP) is 3.80. The third-order valence-corrected chi connectivity index (χ3v) is 6.13. The molecule has 6 heteroatoms. The van der Waals surface area contributed by atoms with Crippen molar-refractivity contribution >= 4 is 22.6 Å². The average molecular weight is 407 g/mol. The van der Waals surface area contributed by atoms with E-state index in [1.54, 1.807) is 6.08 Å². The third-order valence-electron chi connectivity index (χ3n) is 6.13. The van der Waals surface area contributed by atoms with E-state index in [-0.39, 0.29) is 11.9 Å². The number of piperazine rings is 1. The molecule has 1 fully saturated rings. The highest BCUT2D eigenvalue weighted by Crippen LogP contribution is 2.24. The molecule has 1 amide bonds. The molecule has 0 spiro atoms. The molecule has 2 atom stereocenters. The fourth-order valence-electron chi connectivity index (χ4n) is 4.00. The van der Waals surface area contributed by atoms with E-state index < -0.39 is 0 Å². The first-order chi connectivity index (χ1) is 14.3. The fourth-order valence-corrected chi connectivity index (χ4v) is 4.00. The summed E-state index contributed by atoms with van der Waals surface area (Å²) >= 11 is 0. The van der Waals surface area contributed by atoms with E-state index >= 15 is 0 Å². The van der Waals surface area contributed by atoms with E-state index in [2.05, 4.69) is 40.9 Å². The van der Waals surface area contributed by atoms with Crippen LogP contribution in [-0.2, 0) is 4.79 Å². The smallest absolute Gasteiger partial charge is 0.251 e. The van der Waals surface area contributed by atoms with Gasteiger partial charge in [-0.25, -0.2) is 4.98 Å². The maximum Gasteiger partial charge on any atom is 0.251 e. The molecule has 1 saturated heterocycles. The molecule has 1 unspecified atom stereocenters. The van der Waals surface area contributed by atoms with Crippen molar-refractivity contribution in [2.45, 2.75) is 39.8 Å². The van der Waals surface area contributed by atoms with Crippen LogP contribution < -0.4 is 0 Å². The minimum atomic E-state index is -0.0159. The van der Waals surface area contributed by atoms with Crippen LogP contribution in [0.3, 0.4) is 0 Å². The van der Waals surface area contributed by atoms with Crippen LogP contribution in [0.25, 0.3) is 16.7 Å². The Morgan fingerprint density at radius 2 is 2.07 bits per heavy atom. The van der Waals surface area contributed by atoms with Gasteiger partial charge in [0.1, 0.15) is 5.52 Å². The Balaban J connectivity index is 1.54. The number of fused-ring (bicyclic) bond motifs is 1. The highest BCUT2D eigenvalue weighted by molar-refractivity contribution is 5.96. The molecule has 30 heavy (non-hydrogen) atoms. The van der Waals surface area contributed by atoms with Gasteiger partial charge in [0, 0.05) is 44.9 Å². The minimum absolute atomic E-state index is 0.0159. The number of hydrogen-bond acceptors (Lipinski definition) is 5. The molecular weight excluding hydrogens is 376 g/mol. The SMILES string of the molecule is C/C(=C\C(=O)N1C=C(N2CCN(C)[C@@H](C)C2)C=CC1C)c1ccc2nc(C)oc2c1. The zero-order chi connectivity index (χ0) is 21.4. The summed E-state index contributed by atoms with van der Waals surface area (Å²) in [4.78, 5) is 24.0. The second-order valence-electron chi connectivity index (χ2n) is 8.42. The monoisotopic (exact) mass is 406 g/mol. The molecule has 0 radical (unpaired) electrons. The molecule has 1 aromatic carbocycles. The maximum absolute atomic E-state index is 13.1. The van der Waals surface area contributed by atoms with E-state index in [9.17, 15) is 4.79 Å². The Labute approximate surface area is 178 Å². The number of carbonyl (C=O) groups excluding carboxylic acids is 1. The van der Waals surface area contributed by atoms with Crippen molar-refractivity contribution in [3.63, 3.8) is 0 Å². The zero-order valence-corrected chi connectivity index (χ0v) is 18.4. The van der Waals surface area contributed by atoms with Crippen molar-refractivity contribution in [2.75, 3.05) is 26.7 Å². The molecule has 0 saturated carbocycles. The zero-order valence-electron chi connectivity index (χ0n) is 18.4. The average Bonchev–Trinajstić information content (AvgIpc) is 3.09. The summed E-state index contributed by atoms with van der Waals surface area (Å²) in [6.07, 6.45) is 7.95. The van der Waals surface area contributed by atoms with Gasteiger partial charge in [0.25, 0.3) is 5.91 Å². The number of carbonyl (C=O) groups is 1. The second-order valence-corrected chi connectivity index (χ2v) is 8.42. The molecule has 2 aliphatic heterocycles. The van der Waals surface area contributed by atoms with Crippen LogP contribution in [0.4, 0.5) is 0 Å². The quantitative estimate of drug-likeness (QED) is 0.726. The molecule has 0 aliphatic carbocycles. The van der Waals surface area contributed by atoms with Gasteiger partial charge in [-0.15, -0.1) is 0 Å². The lowest BCUT2D eigenvalue weighted by Crippen LogP contribution is -2.50. The Morgan fingerprint density at radius 1 is 1.27 bits per heavy atom. The summed E-state index contributed by atoms with van der Waals surface area (Å²) in [7, 11) is 2.16. The lowest BCUT2D eigenvalue weighted by Gasteiger charge is -2.41. The number of allylic oxidation sites excluding steroid dienone is 2. The molecule has 2 aliphatic rings. The van der Waals surface area contributed by atoms with Gasteiger partial charge in [0.15, 0.2) is 11.5 Å². The Morgan fingerprint density at radius 3 is 2.83 bits per heavy atom. The minimum Gasteiger partial charge on any atom is -0.441 e. The second kappa shape index (κ2) is 8.11. The van der Waals surface area contributed by atoms with Gasteiger partial charge in [-0.1, -0.05) is 12.1 Å². The molecule has 2 aromatic rings. The van der Waals surface area contributed by atoms with Crippen LogP contribution in [0.1, 0.15) is 32.2 Å². The number of likely N-dealkylation sites (N-methyl/N-ethyl adjacent to an activating group) is 1. The fraction of sp³-hybridized carbons (Fsp3) is 0.417. The van der Waals surface area contributed by atoms with E-state index in [0.717, 1.165) is 47.6 Å². The molecular formula is C24H30N4O2. The van der Waals surface area contributed by atoms with Gasteiger partial charge < -0.3 is 19.1 Å². The molecule has 158 valence electrons. The van der Waals surface area contributed by atoms with Crippen LogP contribution in [-0.4, -0.2) is 64.4 Å². The Kier molecular flexibility index (Phi) is 5.52. The number of benzene rings is 1. The van der Waals surface area contributed by atoms with E-state index in [1.807, 2.05) is 50.1 Å². The molecule has 1 aromatic heterocycles. The van der Waals surface area contributed by atoms with Gasteiger partial charge in [-0.2, -0.15) is 0 Å². The summed E-state index contributed by atoms with van der Waals surface area (Å²) < 4.78 is 5.63. The maximum atomic E-state index is 13.1. The van der Waals surface area contributed by atoms with Crippen LogP contribution >= 0.6 is 0 Å². The number of aryl methyl sites for hydroxylation is 1. The van der Waals surface area contributed by atoms with Crippen molar-refractivity contribution in [3.8, 4) is 0 Å².